The van der Waals surface area contributed by atoms with Crippen molar-refractivity contribution in [2.75, 3.05) is 25.6 Å². The van der Waals surface area contributed by atoms with Crippen LogP contribution in [-0.4, -0.2) is 20.3 Å². The minimum atomic E-state index is 0.187. The Labute approximate surface area is 139 Å². The summed E-state index contributed by atoms with van der Waals surface area (Å²) in [6.07, 6.45) is 0. The van der Waals surface area contributed by atoms with E-state index in [2.05, 4.69) is 62.5 Å². The van der Waals surface area contributed by atoms with Crippen LogP contribution in [0.4, 0.5) is 5.69 Å². The minimum absolute atomic E-state index is 0.187. The standard InChI is InChI=1S/C20H27NO2/c1-20(2,3)17-8-10-18(11-9-17)21-15-16-6-5-7-19(14-16)23-13-12-22-4/h5-11,14,21H,12-13,15H2,1-4H3. The molecular formula is C20H27NO2. The predicted octanol–water partition coefficient (Wildman–Crippen LogP) is 4.62. The van der Waals surface area contributed by atoms with Crippen molar-refractivity contribution in [2.24, 2.45) is 0 Å². The van der Waals surface area contributed by atoms with Crippen LogP contribution in [0.25, 0.3) is 0 Å². The lowest BCUT2D eigenvalue weighted by molar-refractivity contribution is 0.146. The van der Waals surface area contributed by atoms with E-state index in [9.17, 15) is 0 Å². The van der Waals surface area contributed by atoms with Crippen LogP contribution in [0, 0.1) is 0 Å². The number of ether oxygens (including phenoxy) is 2. The van der Waals surface area contributed by atoms with Gasteiger partial charge in [0, 0.05) is 19.3 Å². The van der Waals surface area contributed by atoms with Crippen molar-refractivity contribution in [3.63, 3.8) is 0 Å². The number of hydrogen-bond acceptors (Lipinski definition) is 3. The molecule has 2 aromatic carbocycles. The van der Waals surface area contributed by atoms with Crippen molar-refractivity contribution in [3.8, 4) is 5.75 Å². The highest BCUT2D eigenvalue weighted by molar-refractivity contribution is 5.46. The summed E-state index contributed by atoms with van der Waals surface area (Å²) in [6.45, 7) is 8.63. The van der Waals surface area contributed by atoms with E-state index in [1.54, 1.807) is 7.11 Å². The van der Waals surface area contributed by atoms with Gasteiger partial charge in [-0.05, 0) is 40.8 Å². The van der Waals surface area contributed by atoms with Gasteiger partial charge in [0.1, 0.15) is 12.4 Å². The van der Waals surface area contributed by atoms with Gasteiger partial charge < -0.3 is 14.8 Å². The van der Waals surface area contributed by atoms with Gasteiger partial charge >= 0.3 is 0 Å². The molecular weight excluding hydrogens is 286 g/mol. The van der Waals surface area contributed by atoms with Crippen LogP contribution in [0.5, 0.6) is 5.75 Å². The van der Waals surface area contributed by atoms with E-state index in [4.69, 9.17) is 9.47 Å². The first-order valence-corrected chi connectivity index (χ1v) is 8.04. The van der Waals surface area contributed by atoms with Gasteiger partial charge in [0.2, 0.25) is 0 Å². The Kier molecular flexibility index (Phi) is 6.05. The highest BCUT2D eigenvalue weighted by atomic mass is 16.5. The predicted molar refractivity (Wildman–Crippen MR) is 96.3 cm³/mol. The number of rotatable bonds is 7. The number of nitrogens with one attached hydrogen (secondary N) is 1. The highest BCUT2D eigenvalue weighted by Gasteiger charge is 2.12. The molecule has 0 unspecified atom stereocenters. The molecule has 0 amide bonds. The largest absolute Gasteiger partial charge is 0.491 e. The van der Waals surface area contributed by atoms with Crippen molar-refractivity contribution < 1.29 is 9.47 Å². The molecule has 0 aromatic heterocycles. The molecule has 0 atom stereocenters. The highest BCUT2D eigenvalue weighted by Crippen LogP contribution is 2.23. The molecule has 3 nitrogen and oxygen atoms in total. The number of anilines is 1. The fourth-order valence-corrected chi connectivity index (χ4v) is 2.28. The lowest BCUT2D eigenvalue weighted by Gasteiger charge is -2.19. The lowest BCUT2D eigenvalue weighted by atomic mass is 9.87. The van der Waals surface area contributed by atoms with E-state index in [0.29, 0.717) is 13.2 Å². The van der Waals surface area contributed by atoms with E-state index >= 15 is 0 Å². The van der Waals surface area contributed by atoms with Gasteiger partial charge in [-0.25, -0.2) is 0 Å². The van der Waals surface area contributed by atoms with Crippen molar-refractivity contribution in [1.82, 2.24) is 0 Å². The molecule has 2 rings (SSSR count). The number of hydrogen-bond donors (Lipinski definition) is 1. The molecule has 2 aromatic rings. The summed E-state index contributed by atoms with van der Waals surface area (Å²) in [4.78, 5) is 0. The second-order valence-corrected chi connectivity index (χ2v) is 6.67. The zero-order valence-corrected chi connectivity index (χ0v) is 14.6. The quantitative estimate of drug-likeness (QED) is 0.757. The fraction of sp³-hybridized carbons (Fsp3) is 0.400. The molecule has 0 saturated carbocycles. The Morgan fingerprint density at radius 2 is 1.70 bits per heavy atom. The molecule has 0 aliphatic rings. The molecule has 1 N–H and O–H groups in total. The molecule has 0 aliphatic heterocycles. The van der Waals surface area contributed by atoms with Gasteiger partial charge in [0.25, 0.3) is 0 Å². The van der Waals surface area contributed by atoms with Gasteiger partial charge in [-0.15, -0.1) is 0 Å². The summed E-state index contributed by atoms with van der Waals surface area (Å²) < 4.78 is 10.6. The Morgan fingerprint density at radius 1 is 0.957 bits per heavy atom. The van der Waals surface area contributed by atoms with Crippen LogP contribution in [0.15, 0.2) is 48.5 Å². The fourth-order valence-electron chi connectivity index (χ4n) is 2.28. The van der Waals surface area contributed by atoms with Gasteiger partial charge in [-0.3, -0.25) is 0 Å². The second-order valence-electron chi connectivity index (χ2n) is 6.67. The van der Waals surface area contributed by atoms with E-state index in [0.717, 1.165) is 18.0 Å². The maximum Gasteiger partial charge on any atom is 0.119 e. The van der Waals surface area contributed by atoms with Crippen molar-refractivity contribution in [2.45, 2.75) is 32.7 Å². The van der Waals surface area contributed by atoms with Crippen LogP contribution in [0.2, 0.25) is 0 Å². The maximum atomic E-state index is 5.64. The van der Waals surface area contributed by atoms with E-state index in [-0.39, 0.29) is 5.41 Å². The van der Waals surface area contributed by atoms with E-state index < -0.39 is 0 Å². The summed E-state index contributed by atoms with van der Waals surface area (Å²) in [7, 11) is 1.68. The third-order valence-electron chi connectivity index (χ3n) is 3.70. The molecule has 3 heteroatoms. The van der Waals surface area contributed by atoms with Crippen molar-refractivity contribution in [1.29, 1.82) is 0 Å². The molecule has 0 radical (unpaired) electrons. The zero-order chi connectivity index (χ0) is 16.7. The molecule has 0 saturated heterocycles. The minimum Gasteiger partial charge on any atom is -0.491 e. The molecule has 0 spiro atoms. The summed E-state index contributed by atoms with van der Waals surface area (Å²) in [5.41, 5.74) is 3.85. The molecule has 0 bridgehead atoms. The van der Waals surface area contributed by atoms with Crippen molar-refractivity contribution in [3.05, 3.63) is 59.7 Å². The van der Waals surface area contributed by atoms with Crippen molar-refractivity contribution >= 4 is 5.69 Å². The smallest absolute Gasteiger partial charge is 0.119 e. The molecule has 0 aliphatic carbocycles. The van der Waals surface area contributed by atoms with Gasteiger partial charge in [0.05, 0.1) is 6.61 Å². The van der Waals surface area contributed by atoms with E-state index in [1.807, 2.05) is 12.1 Å². The monoisotopic (exact) mass is 313 g/mol. The average Bonchev–Trinajstić information content (AvgIpc) is 2.53. The Morgan fingerprint density at radius 3 is 2.35 bits per heavy atom. The van der Waals surface area contributed by atoms with Crippen LogP contribution in [0.3, 0.4) is 0 Å². The topological polar surface area (TPSA) is 30.5 Å². The first kappa shape index (κ1) is 17.4. The number of methoxy groups -OCH3 is 1. The maximum absolute atomic E-state index is 5.64. The number of benzene rings is 2. The Hall–Kier alpha value is -2.00. The summed E-state index contributed by atoms with van der Waals surface area (Å²) >= 11 is 0. The average molecular weight is 313 g/mol. The van der Waals surface area contributed by atoms with Gasteiger partial charge in [-0.2, -0.15) is 0 Å². The molecule has 23 heavy (non-hydrogen) atoms. The van der Waals surface area contributed by atoms with Gasteiger partial charge in [0.15, 0.2) is 0 Å². The first-order chi connectivity index (χ1) is 11.0. The third kappa shape index (κ3) is 5.61. The van der Waals surface area contributed by atoms with Crippen LogP contribution in [-0.2, 0) is 16.7 Å². The lowest BCUT2D eigenvalue weighted by Crippen LogP contribution is -2.10. The normalized spacial score (nSPS) is 11.3. The zero-order valence-electron chi connectivity index (χ0n) is 14.6. The third-order valence-corrected chi connectivity index (χ3v) is 3.70. The molecule has 0 heterocycles. The van der Waals surface area contributed by atoms with Crippen LogP contribution in [0.1, 0.15) is 31.9 Å². The molecule has 124 valence electrons. The SMILES string of the molecule is COCCOc1cccc(CNc2ccc(C(C)(C)C)cc2)c1. The second kappa shape index (κ2) is 8.02. The summed E-state index contributed by atoms with van der Waals surface area (Å²) in [5, 5.41) is 3.45. The van der Waals surface area contributed by atoms with E-state index in [1.165, 1.54) is 11.1 Å². The Bertz CT molecular complexity index is 600. The first-order valence-electron chi connectivity index (χ1n) is 8.04. The molecule has 0 fully saturated rings. The van der Waals surface area contributed by atoms with Gasteiger partial charge in [-0.1, -0.05) is 45.0 Å². The van der Waals surface area contributed by atoms with Crippen LogP contribution >= 0.6 is 0 Å². The summed E-state index contributed by atoms with van der Waals surface area (Å²) in [5.74, 6) is 0.879. The van der Waals surface area contributed by atoms with Crippen LogP contribution < -0.4 is 10.1 Å². The Balaban J connectivity index is 1.91. The summed E-state index contributed by atoms with van der Waals surface area (Å²) in [6, 6.07) is 16.8.